The Bertz CT molecular complexity index is 2540. The summed E-state index contributed by atoms with van der Waals surface area (Å²) in [5.74, 6) is 1.84. The second-order valence-electron chi connectivity index (χ2n) is 11.2. The molecule has 6 heteroatoms. The minimum absolute atomic E-state index is 0.479. The fourth-order valence-corrected chi connectivity index (χ4v) is 6.45. The molecule has 0 aliphatic heterocycles. The molecular weight excluding hydrogens is 588 g/mol. The maximum Gasteiger partial charge on any atom is 0.164 e. The standard InChI is InChI=1S/C40H23ClN4O/c41-33-23-42-36(35-32-21-26-15-7-8-16-27(26)22-34(32)46-37(33)35)30-19-20-31(29-18-10-9-17-28(29)30)40-44-38(24-11-3-1-4-12-24)43-39(45-40)25-13-5-2-6-14-25/h1-23H. The lowest BCUT2D eigenvalue weighted by Crippen LogP contribution is -2.00. The van der Waals surface area contributed by atoms with Gasteiger partial charge in [0.1, 0.15) is 10.6 Å². The Balaban J connectivity index is 1.29. The first-order valence-electron chi connectivity index (χ1n) is 15.0. The molecule has 9 rings (SSSR count). The normalized spacial score (nSPS) is 11.6. The molecule has 0 saturated heterocycles. The van der Waals surface area contributed by atoms with Gasteiger partial charge in [-0.05, 0) is 39.7 Å². The van der Waals surface area contributed by atoms with Gasteiger partial charge in [0.15, 0.2) is 23.1 Å². The van der Waals surface area contributed by atoms with Gasteiger partial charge in [0, 0.05) is 27.6 Å². The van der Waals surface area contributed by atoms with Crippen LogP contribution in [-0.2, 0) is 0 Å². The van der Waals surface area contributed by atoms with Crippen molar-refractivity contribution in [2.24, 2.45) is 0 Å². The summed E-state index contributed by atoms with van der Waals surface area (Å²) in [6, 6.07) is 45.0. The number of nitrogens with zero attached hydrogens (tertiary/aromatic N) is 4. The maximum absolute atomic E-state index is 6.70. The second kappa shape index (κ2) is 10.6. The molecule has 46 heavy (non-hydrogen) atoms. The van der Waals surface area contributed by atoms with E-state index in [1.54, 1.807) is 6.20 Å². The minimum Gasteiger partial charge on any atom is -0.454 e. The topological polar surface area (TPSA) is 64.7 Å². The first-order chi connectivity index (χ1) is 22.7. The molecular formula is C40H23ClN4O. The van der Waals surface area contributed by atoms with Crippen molar-refractivity contribution in [1.29, 1.82) is 0 Å². The fourth-order valence-electron chi connectivity index (χ4n) is 6.26. The van der Waals surface area contributed by atoms with Gasteiger partial charge in [-0.2, -0.15) is 0 Å². The number of fused-ring (bicyclic) bond motifs is 5. The van der Waals surface area contributed by atoms with Crippen LogP contribution in [0.15, 0.2) is 144 Å². The van der Waals surface area contributed by atoms with Gasteiger partial charge in [-0.3, -0.25) is 4.98 Å². The van der Waals surface area contributed by atoms with Crippen molar-refractivity contribution in [2.45, 2.75) is 0 Å². The van der Waals surface area contributed by atoms with E-state index >= 15 is 0 Å². The number of hydrogen-bond acceptors (Lipinski definition) is 5. The van der Waals surface area contributed by atoms with Crippen LogP contribution in [0.25, 0.3) is 88.9 Å². The predicted molar refractivity (Wildman–Crippen MR) is 187 cm³/mol. The molecule has 9 aromatic rings. The number of benzene rings is 6. The van der Waals surface area contributed by atoms with Crippen LogP contribution in [0.3, 0.4) is 0 Å². The molecule has 3 aromatic heterocycles. The molecule has 0 aliphatic rings. The number of aromatic nitrogens is 4. The van der Waals surface area contributed by atoms with Crippen molar-refractivity contribution in [3.05, 3.63) is 145 Å². The highest BCUT2D eigenvalue weighted by molar-refractivity contribution is 6.36. The van der Waals surface area contributed by atoms with Crippen LogP contribution in [0.2, 0.25) is 5.02 Å². The molecule has 0 saturated carbocycles. The molecule has 3 heterocycles. The second-order valence-corrected chi connectivity index (χ2v) is 11.6. The number of pyridine rings is 1. The Hall–Kier alpha value is -5.91. The van der Waals surface area contributed by atoms with Gasteiger partial charge in [-0.25, -0.2) is 15.0 Å². The Kier molecular flexibility index (Phi) is 6.11. The third kappa shape index (κ3) is 4.32. The lowest BCUT2D eigenvalue weighted by molar-refractivity contribution is 0.669. The lowest BCUT2D eigenvalue weighted by atomic mass is 9.95. The number of halogens is 1. The summed E-state index contributed by atoms with van der Waals surface area (Å²) in [6.07, 6.45) is 1.67. The van der Waals surface area contributed by atoms with Crippen LogP contribution < -0.4 is 0 Å². The van der Waals surface area contributed by atoms with Crippen LogP contribution in [0.5, 0.6) is 0 Å². The highest BCUT2D eigenvalue weighted by atomic mass is 35.5. The van der Waals surface area contributed by atoms with Crippen molar-refractivity contribution >= 4 is 55.1 Å². The highest BCUT2D eigenvalue weighted by Gasteiger charge is 2.21. The Labute approximate surface area is 268 Å². The van der Waals surface area contributed by atoms with Crippen molar-refractivity contribution < 1.29 is 4.42 Å². The molecule has 0 fully saturated rings. The third-order valence-electron chi connectivity index (χ3n) is 8.44. The molecule has 5 nitrogen and oxygen atoms in total. The molecule has 0 radical (unpaired) electrons. The van der Waals surface area contributed by atoms with Crippen molar-refractivity contribution in [1.82, 2.24) is 19.9 Å². The van der Waals surface area contributed by atoms with Gasteiger partial charge in [-0.1, -0.05) is 127 Å². The number of rotatable bonds is 4. The highest BCUT2D eigenvalue weighted by Crippen LogP contribution is 2.43. The van der Waals surface area contributed by atoms with E-state index in [1.807, 2.05) is 84.9 Å². The molecule has 0 bridgehead atoms. The van der Waals surface area contributed by atoms with Crippen LogP contribution >= 0.6 is 11.6 Å². The summed E-state index contributed by atoms with van der Waals surface area (Å²) in [6.45, 7) is 0. The van der Waals surface area contributed by atoms with Gasteiger partial charge >= 0.3 is 0 Å². The summed E-state index contributed by atoms with van der Waals surface area (Å²) in [7, 11) is 0. The maximum atomic E-state index is 6.70. The molecule has 216 valence electrons. The largest absolute Gasteiger partial charge is 0.454 e. The number of hydrogen-bond donors (Lipinski definition) is 0. The van der Waals surface area contributed by atoms with Gasteiger partial charge in [0.05, 0.1) is 17.3 Å². The third-order valence-corrected chi connectivity index (χ3v) is 8.71. The minimum atomic E-state index is 0.479. The van der Waals surface area contributed by atoms with Gasteiger partial charge in [-0.15, -0.1) is 0 Å². The van der Waals surface area contributed by atoms with Crippen LogP contribution in [-0.4, -0.2) is 19.9 Å². The summed E-state index contributed by atoms with van der Waals surface area (Å²) >= 11 is 6.70. The Morgan fingerprint density at radius 2 is 1.04 bits per heavy atom. The van der Waals surface area contributed by atoms with Crippen molar-refractivity contribution in [3.63, 3.8) is 0 Å². The quantitative estimate of drug-likeness (QED) is 0.198. The molecule has 6 aromatic carbocycles. The van der Waals surface area contributed by atoms with E-state index < -0.39 is 0 Å². The van der Waals surface area contributed by atoms with Crippen LogP contribution in [0.1, 0.15) is 0 Å². The summed E-state index contributed by atoms with van der Waals surface area (Å²) in [4.78, 5) is 19.8. The zero-order chi connectivity index (χ0) is 30.6. The number of furan rings is 1. The van der Waals surface area contributed by atoms with Gasteiger partial charge < -0.3 is 4.42 Å². The first kappa shape index (κ1) is 26.5. The summed E-state index contributed by atoms with van der Waals surface area (Å²) in [5.41, 5.74) is 5.94. The van der Waals surface area contributed by atoms with Gasteiger partial charge in [0.2, 0.25) is 0 Å². The first-order valence-corrected chi connectivity index (χ1v) is 15.4. The monoisotopic (exact) mass is 610 g/mol. The van der Waals surface area contributed by atoms with Crippen LogP contribution in [0.4, 0.5) is 0 Å². The zero-order valence-electron chi connectivity index (χ0n) is 24.4. The fraction of sp³-hybridized carbons (Fsp3) is 0. The van der Waals surface area contributed by atoms with Crippen molar-refractivity contribution in [3.8, 4) is 45.4 Å². The molecule has 0 spiro atoms. The van der Waals surface area contributed by atoms with E-state index in [-0.39, 0.29) is 0 Å². The van der Waals surface area contributed by atoms with Gasteiger partial charge in [0.25, 0.3) is 0 Å². The zero-order valence-corrected chi connectivity index (χ0v) is 25.1. The predicted octanol–water partition coefficient (Wildman–Crippen LogP) is 10.8. The summed E-state index contributed by atoms with van der Waals surface area (Å²) in [5, 5.41) is 6.61. The molecule has 0 amide bonds. The summed E-state index contributed by atoms with van der Waals surface area (Å²) < 4.78 is 6.37. The Morgan fingerprint density at radius 1 is 0.500 bits per heavy atom. The average Bonchev–Trinajstić information content (AvgIpc) is 3.50. The van der Waals surface area contributed by atoms with E-state index in [0.29, 0.717) is 28.1 Å². The van der Waals surface area contributed by atoms with E-state index in [2.05, 4.69) is 48.5 Å². The molecule has 0 atom stereocenters. The van der Waals surface area contributed by atoms with Crippen molar-refractivity contribution in [2.75, 3.05) is 0 Å². The average molecular weight is 611 g/mol. The van der Waals surface area contributed by atoms with Crippen LogP contribution in [0, 0.1) is 0 Å². The van der Waals surface area contributed by atoms with E-state index in [9.17, 15) is 0 Å². The molecule has 0 N–H and O–H groups in total. The van der Waals surface area contributed by atoms with E-state index in [1.165, 1.54) is 0 Å². The Morgan fingerprint density at radius 3 is 1.72 bits per heavy atom. The van der Waals surface area contributed by atoms with E-state index in [0.717, 1.165) is 65.8 Å². The molecule has 0 unspecified atom stereocenters. The molecule has 0 aliphatic carbocycles. The lowest BCUT2D eigenvalue weighted by Gasteiger charge is -2.13. The SMILES string of the molecule is Clc1cnc(-c2ccc(-c3nc(-c4ccccc4)nc(-c4ccccc4)n3)c3ccccc23)c2c1oc1cc3ccccc3cc12. The van der Waals surface area contributed by atoms with E-state index in [4.69, 9.17) is 36.0 Å². The smallest absolute Gasteiger partial charge is 0.164 e.